The van der Waals surface area contributed by atoms with E-state index in [4.69, 9.17) is 4.74 Å². The number of esters is 1. The topological polar surface area (TPSA) is 41.6 Å². The summed E-state index contributed by atoms with van der Waals surface area (Å²) in [7, 11) is 0. The van der Waals surface area contributed by atoms with Crippen LogP contribution in [0.3, 0.4) is 0 Å². The number of fused-ring (bicyclic) bond motifs is 1. The minimum Gasteiger partial charge on any atom is -0.464 e. The van der Waals surface area contributed by atoms with E-state index in [1.54, 1.807) is 0 Å². The van der Waals surface area contributed by atoms with Gasteiger partial charge in [0.05, 0.1) is 6.61 Å². The number of halogens is 1. The highest BCUT2D eigenvalue weighted by Gasteiger charge is 2.55. The van der Waals surface area contributed by atoms with Gasteiger partial charge < -0.3 is 10.1 Å². The van der Waals surface area contributed by atoms with Gasteiger partial charge in [0.2, 0.25) is 0 Å². The number of hydrogen-bond donors (Lipinski definition) is 1. The molecule has 21 heavy (non-hydrogen) atoms. The lowest BCUT2D eigenvalue weighted by molar-refractivity contribution is -0.149. The lowest BCUT2D eigenvalue weighted by Crippen LogP contribution is -2.55. The van der Waals surface area contributed by atoms with Crippen molar-refractivity contribution in [1.29, 1.82) is 0 Å². The molecule has 0 saturated carbocycles. The van der Waals surface area contributed by atoms with E-state index in [2.05, 4.69) is 26.1 Å². The molecule has 2 aliphatic heterocycles. The third-order valence-corrected chi connectivity index (χ3v) is 5.11. The normalized spacial score (nSPS) is 28.4. The van der Waals surface area contributed by atoms with Crippen LogP contribution >= 0.6 is 15.9 Å². The van der Waals surface area contributed by atoms with Crippen LogP contribution in [0.15, 0.2) is 28.7 Å². The zero-order valence-corrected chi connectivity index (χ0v) is 13.9. The fourth-order valence-corrected chi connectivity index (χ4v) is 3.89. The standard InChI is InChI=1S/C16H21BrN2O2/c1-2-21-15(20)16(9-11-19-10-3-4-14(16)19)18-13-7-5-12(17)6-8-13/h5-8,14,18H,2-4,9-11H2,1H3. The number of anilines is 1. The minimum absolute atomic E-state index is 0.109. The highest BCUT2D eigenvalue weighted by molar-refractivity contribution is 9.10. The Kier molecular flexibility index (Phi) is 4.22. The van der Waals surface area contributed by atoms with Crippen molar-refractivity contribution in [3.63, 3.8) is 0 Å². The maximum absolute atomic E-state index is 12.7. The van der Waals surface area contributed by atoms with Crippen LogP contribution in [-0.2, 0) is 9.53 Å². The Balaban J connectivity index is 1.89. The van der Waals surface area contributed by atoms with Gasteiger partial charge in [0.15, 0.2) is 5.54 Å². The van der Waals surface area contributed by atoms with Crippen molar-refractivity contribution in [2.45, 2.75) is 37.8 Å². The number of rotatable bonds is 4. The van der Waals surface area contributed by atoms with Crippen LogP contribution in [0.5, 0.6) is 0 Å². The van der Waals surface area contributed by atoms with Crippen molar-refractivity contribution < 1.29 is 9.53 Å². The molecule has 0 aromatic heterocycles. The average molecular weight is 353 g/mol. The summed E-state index contributed by atoms with van der Waals surface area (Å²) in [6.07, 6.45) is 3.03. The van der Waals surface area contributed by atoms with E-state index in [1.165, 1.54) is 0 Å². The molecule has 4 nitrogen and oxygen atoms in total. The molecule has 5 heteroatoms. The van der Waals surface area contributed by atoms with Gasteiger partial charge in [0, 0.05) is 22.7 Å². The zero-order valence-electron chi connectivity index (χ0n) is 12.3. The molecule has 0 amide bonds. The van der Waals surface area contributed by atoms with E-state index in [1.807, 2.05) is 31.2 Å². The van der Waals surface area contributed by atoms with Gasteiger partial charge >= 0.3 is 5.97 Å². The van der Waals surface area contributed by atoms with Gasteiger partial charge in [-0.1, -0.05) is 15.9 Å². The number of carbonyl (C=O) groups is 1. The van der Waals surface area contributed by atoms with Gasteiger partial charge in [0.25, 0.3) is 0 Å². The zero-order chi connectivity index (χ0) is 14.9. The number of nitrogens with zero attached hydrogens (tertiary/aromatic N) is 1. The van der Waals surface area contributed by atoms with Crippen molar-refractivity contribution in [3.05, 3.63) is 28.7 Å². The molecule has 0 aliphatic carbocycles. The molecule has 2 heterocycles. The minimum atomic E-state index is -0.597. The molecule has 0 spiro atoms. The summed E-state index contributed by atoms with van der Waals surface area (Å²) in [5.74, 6) is -0.109. The Morgan fingerprint density at radius 2 is 2.19 bits per heavy atom. The molecule has 0 radical (unpaired) electrons. The molecule has 1 aromatic rings. The van der Waals surface area contributed by atoms with Crippen LogP contribution in [0.1, 0.15) is 26.2 Å². The van der Waals surface area contributed by atoms with Crippen LogP contribution in [0, 0.1) is 0 Å². The fourth-order valence-electron chi connectivity index (χ4n) is 3.62. The Labute approximate surface area is 134 Å². The van der Waals surface area contributed by atoms with Gasteiger partial charge in [-0.15, -0.1) is 0 Å². The van der Waals surface area contributed by atoms with Gasteiger partial charge in [0.1, 0.15) is 0 Å². The summed E-state index contributed by atoms with van der Waals surface area (Å²) in [5.41, 5.74) is 0.375. The van der Waals surface area contributed by atoms with E-state index >= 15 is 0 Å². The lowest BCUT2D eigenvalue weighted by Gasteiger charge is -2.34. The SMILES string of the molecule is CCOC(=O)C1(Nc2ccc(Br)cc2)CCN2CCCC21. The molecule has 3 rings (SSSR count). The molecule has 2 aliphatic rings. The molecule has 1 aromatic carbocycles. The molecule has 114 valence electrons. The molecule has 2 saturated heterocycles. The fraction of sp³-hybridized carbons (Fsp3) is 0.562. The first-order chi connectivity index (χ1) is 10.2. The molecule has 0 bridgehead atoms. The first-order valence-corrected chi connectivity index (χ1v) is 8.40. The summed E-state index contributed by atoms with van der Waals surface area (Å²) in [5, 5.41) is 3.50. The molecule has 2 fully saturated rings. The smallest absolute Gasteiger partial charge is 0.333 e. The van der Waals surface area contributed by atoms with Gasteiger partial charge in [-0.2, -0.15) is 0 Å². The predicted octanol–water partition coefficient (Wildman–Crippen LogP) is 3.03. The predicted molar refractivity (Wildman–Crippen MR) is 86.3 cm³/mol. The highest BCUT2D eigenvalue weighted by Crippen LogP contribution is 2.39. The van der Waals surface area contributed by atoms with Crippen LogP contribution in [-0.4, -0.2) is 42.1 Å². The summed E-state index contributed by atoms with van der Waals surface area (Å²) >= 11 is 3.44. The Hall–Kier alpha value is -1.07. The van der Waals surface area contributed by atoms with Crippen molar-refractivity contribution in [3.8, 4) is 0 Å². The maximum Gasteiger partial charge on any atom is 0.333 e. The van der Waals surface area contributed by atoms with Crippen molar-refractivity contribution in [2.24, 2.45) is 0 Å². The summed E-state index contributed by atoms with van der Waals surface area (Å²) < 4.78 is 6.43. The van der Waals surface area contributed by atoms with E-state index in [0.29, 0.717) is 6.61 Å². The molecule has 2 unspecified atom stereocenters. The quantitative estimate of drug-likeness (QED) is 0.845. The number of nitrogens with one attached hydrogen (secondary N) is 1. The van der Waals surface area contributed by atoms with Crippen molar-refractivity contribution in [1.82, 2.24) is 4.90 Å². The monoisotopic (exact) mass is 352 g/mol. The van der Waals surface area contributed by atoms with Gasteiger partial charge in [-0.05, 0) is 57.0 Å². The Bertz CT molecular complexity index is 520. The molecular weight excluding hydrogens is 332 g/mol. The van der Waals surface area contributed by atoms with Crippen molar-refractivity contribution >= 4 is 27.6 Å². The molecule has 2 atom stereocenters. The first kappa shape index (κ1) is 14.9. The third-order valence-electron chi connectivity index (χ3n) is 4.58. The van der Waals surface area contributed by atoms with Crippen molar-refractivity contribution in [2.75, 3.05) is 25.0 Å². The van der Waals surface area contributed by atoms with Crippen LogP contribution in [0.2, 0.25) is 0 Å². The second-order valence-electron chi connectivity index (χ2n) is 5.77. The van der Waals surface area contributed by atoms with E-state index in [9.17, 15) is 4.79 Å². The first-order valence-electron chi connectivity index (χ1n) is 7.61. The van der Waals surface area contributed by atoms with Crippen LogP contribution in [0.4, 0.5) is 5.69 Å². The Morgan fingerprint density at radius 3 is 2.90 bits per heavy atom. The van der Waals surface area contributed by atoms with E-state index < -0.39 is 5.54 Å². The summed E-state index contributed by atoms with van der Waals surface area (Å²) in [4.78, 5) is 15.1. The lowest BCUT2D eigenvalue weighted by atomic mass is 9.88. The summed E-state index contributed by atoms with van der Waals surface area (Å²) in [6.45, 7) is 4.35. The van der Waals surface area contributed by atoms with E-state index in [-0.39, 0.29) is 12.0 Å². The van der Waals surface area contributed by atoms with Crippen LogP contribution < -0.4 is 5.32 Å². The average Bonchev–Trinajstić information content (AvgIpc) is 3.06. The Morgan fingerprint density at radius 1 is 1.43 bits per heavy atom. The number of benzene rings is 1. The maximum atomic E-state index is 12.7. The second kappa shape index (κ2) is 5.97. The number of carbonyl (C=O) groups excluding carboxylic acids is 1. The number of ether oxygens (including phenoxy) is 1. The van der Waals surface area contributed by atoms with E-state index in [0.717, 1.165) is 42.5 Å². The third kappa shape index (κ3) is 2.69. The molecule has 1 N–H and O–H groups in total. The number of hydrogen-bond acceptors (Lipinski definition) is 4. The molecular formula is C16H21BrN2O2. The highest BCUT2D eigenvalue weighted by atomic mass is 79.9. The van der Waals surface area contributed by atoms with Gasteiger partial charge in [-0.25, -0.2) is 4.79 Å². The second-order valence-corrected chi connectivity index (χ2v) is 6.68. The largest absolute Gasteiger partial charge is 0.464 e. The summed E-state index contributed by atoms with van der Waals surface area (Å²) in [6, 6.07) is 8.23. The van der Waals surface area contributed by atoms with Gasteiger partial charge in [-0.3, -0.25) is 4.90 Å². The van der Waals surface area contributed by atoms with Crippen LogP contribution in [0.25, 0.3) is 0 Å².